The first-order chi connectivity index (χ1) is 9.04. The van der Waals surface area contributed by atoms with Crippen molar-refractivity contribution in [2.24, 2.45) is 0 Å². The smallest absolute Gasteiger partial charge is 0.163 e. The van der Waals surface area contributed by atoms with Crippen LogP contribution >= 0.6 is 23.2 Å². The van der Waals surface area contributed by atoms with Crippen LogP contribution in [-0.4, -0.2) is 7.11 Å². The van der Waals surface area contributed by atoms with Gasteiger partial charge in [-0.15, -0.1) is 11.6 Å². The summed E-state index contributed by atoms with van der Waals surface area (Å²) in [6, 6.07) is 8.73. The van der Waals surface area contributed by atoms with Crippen molar-refractivity contribution < 1.29 is 13.5 Å². The lowest BCUT2D eigenvalue weighted by molar-refractivity contribution is 0.414. The van der Waals surface area contributed by atoms with E-state index >= 15 is 0 Å². The largest absolute Gasteiger partial charge is 0.497 e. The summed E-state index contributed by atoms with van der Waals surface area (Å²) in [7, 11) is 1.51. The predicted octanol–water partition coefficient (Wildman–Crippen LogP) is 4.96. The zero-order valence-corrected chi connectivity index (χ0v) is 11.5. The summed E-state index contributed by atoms with van der Waals surface area (Å²) < 4.78 is 31.9. The highest BCUT2D eigenvalue weighted by molar-refractivity contribution is 6.33. The van der Waals surface area contributed by atoms with Crippen molar-refractivity contribution >= 4 is 23.2 Å². The molecule has 1 atom stereocenters. The third kappa shape index (κ3) is 2.82. The van der Waals surface area contributed by atoms with E-state index in [4.69, 9.17) is 27.9 Å². The lowest BCUT2D eigenvalue weighted by Gasteiger charge is -2.14. The molecular weight excluding hydrogens is 293 g/mol. The van der Waals surface area contributed by atoms with Crippen LogP contribution in [0.4, 0.5) is 8.78 Å². The van der Waals surface area contributed by atoms with Crippen LogP contribution in [0.15, 0.2) is 36.4 Å². The van der Waals surface area contributed by atoms with Gasteiger partial charge >= 0.3 is 0 Å². The normalized spacial score (nSPS) is 12.3. The summed E-state index contributed by atoms with van der Waals surface area (Å²) >= 11 is 12.2. The molecule has 0 aliphatic rings. The van der Waals surface area contributed by atoms with Gasteiger partial charge in [-0.1, -0.05) is 29.8 Å². The molecule has 2 aromatic rings. The van der Waals surface area contributed by atoms with E-state index in [9.17, 15) is 8.78 Å². The molecule has 0 aliphatic heterocycles. The number of hydrogen-bond acceptors (Lipinski definition) is 1. The molecular formula is C14H10Cl2F2O. The van der Waals surface area contributed by atoms with E-state index in [0.29, 0.717) is 16.3 Å². The Kier molecular flexibility index (Phi) is 4.27. The van der Waals surface area contributed by atoms with Crippen LogP contribution in [0, 0.1) is 11.6 Å². The van der Waals surface area contributed by atoms with Crippen molar-refractivity contribution in [3.63, 3.8) is 0 Å². The molecule has 5 heteroatoms. The van der Waals surface area contributed by atoms with Crippen molar-refractivity contribution in [2.45, 2.75) is 5.38 Å². The average Bonchev–Trinajstić information content (AvgIpc) is 2.41. The fourth-order valence-corrected chi connectivity index (χ4v) is 2.42. The molecule has 1 nitrogen and oxygen atoms in total. The summed E-state index contributed by atoms with van der Waals surface area (Å²) in [6.45, 7) is 0. The number of hydrogen-bond donors (Lipinski definition) is 0. The highest BCUT2D eigenvalue weighted by Crippen LogP contribution is 2.36. The van der Waals surface area contributed by atoms with Crippen molar-refractivity contribution in [1.82, 2.24) is 0 Å². The summed E-state index contributed by atoms with van der Waals surface area (Å²) in [5.74, 6) is -1.33. The number of methoxy groups -OCH3 is 1. The lowest BCUT2D eigenvalue weighted by Crippen LogP contribution is -2.00. The molecule has 0 N–H and O–H groups in total. The van der Waals surface area contributed by atoms with Crippen LogP contribution in [-0.2, 0) is 0 Å². The summed E-state index contributed by atoms with van der Waals surface area (Å²) in [5.41, 5.74) is 0.544. The van der Waals surface area contributed by atoms with Crippen LogP contribution in [0.5, 0.6) is 5.75 Å². The lowest BCUT2D eigenvalue weighted by atomic mass is 10.0. The topological polar surface area (TPSA) is 9.23 Å². The van der Waals surface area contributed by atoms with E-state index in [2.05, 4.69) is 0 Å². The maximum Gasteiger partial charge on any atom is 0.163 e. The first-order valence-corrected chi connectivity index (χ1v) is 6.27. The average molecular weight is 303 g/mol. The molecule has 100 valence electrons. The zero-order chi connectivity index (χ0) is 14.0. The maximum absolute atomic E-state index is 13.7. The fraction of sp³-hybridized carbons (Fsp3) is 0.143. The van der Waals surface area contributed by atoms with Crippen LogP contribution < -0.4 is 4.74 Å². The number of rotatable bonds is 3. The summed E-state index contributed by atoms with van der Waals surface area (Å²) in [5, 5.41) is -0.530. The van der Waals surface area contributed by atoms with Crippen LogP contribution in [0.2, 0.25) is 5.02 Å². The van der Waals surface area contributed by atoms with E-state index in [-0.39, 0.29) is 5.56 Å². The Bertz CT molecular complexity index is 602. The van der Waals surface area contributed by atoms with E-state index in [1.54, 1.807) is 18.2 Å². The summed E-state index contributed by atoms with van der Waals surface area (Å²) in [4.78, 5) is 0. The molecule has 1 unspecified atom stereocenters. The first kappa shape index (κ1) is 14.1. The van der Waals surface area contributed by atoms with Crippen molar-refractivity contribution in [1.29, 1.82) is 0 Å². The fourth-order valence-electron chi connectivity index (χ4n) is 1.72. The third-order valence-corrected chi connectivity index (χ3v) is 3.53. The second-order valence-electron chi connectivity index (χ2n) is 3.89. The van der Waals surface area contributed by atoms with Gasteiger partial charge in [0.1, 0.15) is 5.75 Å². The Morgan fingerprint density at radius 2 is 1.84 bits per heavy atom. The highest BCUT2D eigenvalue weighted by atomic mass is 35.5. The minimum atomic E-state index is -0.964. The van der Waals surface area contributed by atoms with Gasteiger partial charge in [0.25, 0.3) is 0 Å². The zero-order valence-electron chi connectivity index (χ0n) is 9.96. The van der Waals surface area contributed by atoms with E-state index < -0.39 is 17.0 Å². The Hall–Kier alpha value is -1.32. The van der Waals surface area contributed by atoms with Crippen molar-refractivity contribution in [3.8, 4) is 5.75 Å². The number of halogens is 4. The Morgan fingerprint density at radius 1 is 1.11 bits per heavy atom. The SMILES string of the molecule is COc1ccc(C(Cl)c2cccc(F)c2F)c(Cl)c1. The quantitative estimate of drug-likeness (QED) is 0.729. The van der Waals surface area contributed by atoms with Gasteiger partial charge in [0.2, 0.25) is 0 Å². The van der Waals surface area contributed by atoms with Gasteiger partial charge in [-0.25, -0.2) is 8.78 Å². The van der Waals surface area contributed by atoms with Gasteiger partial charge in [0, 0.05) is 10.6 Å². The molecule has 0 radical (unpaired) electrons. The standard InChI is InChI=1S/C14H10Cl2F2O/c1-19-8-5-6-9(11(15)7-8)13(16)10-3-2-4-12(17)14(10)18/h2-7,13H,1H3. The molecule has 2 aromatic carbocycles. The highest BCUT2D eigenvalue weighted by Gasteiger charge is 2.20. The van der Waals surface area contributed by atoms with Crippen molar-refractivity contribution in [3.05, 3.63) is 64.2 Å². The minimum Gasteiger partial charge on any atom is -0.497 e. The van der Waals surface area contributed by atoms with Gasteiger partial charge in [0.15, 0.2) is 11.6 Å². The molecule has 2 rings (SSSR count). The molecule has 0 aliphatic carbocycles. The Labute approximate surface area is 119 Å². The second kappa shape index (κ2) is 5.76. The molecule has 0 saturated carbocycles. The number of benzene rings is 2. The molecule has 0 saturated heterocycles. The van der Waals surface area contributed by atoms with Crippen LogP contribution in [0.3, 0.4) is 0 Å². The van der Waals surface area contributed by atoms with E-state index in [1.165, 1.54) is 19.2 Å². The molecule has 0 fully saturated rings. The Morgan fingerprint density at radius 3 is 2.47 bits per heavy atom. The molecule has 19 heavy (non-hydrogen) atoms. The van der Waals surface area contributed by atoms with E-state index in [0.717, 1.165) is 6.07 Å². The summed E-state index contributed by atoms with van der Waals surface area (Å²) in [6.07, 6.45) is 0. The first-order valence-electron chi connectivity index (χ1n) is 5.46. The molecule has 0 bridgehead atoms. The van der Waals surface area contributed by atoms with Gasteiger partial charge in [-0.05, 0) is 23.8 Å². The van der Waals surface area contributed by atoms with Crippen LogP contribution in [0.25, 0.3) is 0 Å². The van der Waals surface area contributed by atoms with Gasteiger partial charge in [-0.3, -0.25) is 0 Å². The molecule has 0 aromatic heterocycles. The third-order valence-electron chi connectivity index (χ3n) is 2.74. The molecule has 0 heterocycles. The van der Waals surface area contributed by atoms with Gasteiger partial charge in [-0.2, -0.15) is 0 Å². The van der Waals surface area contributed by atoms with Gasteiger partial charge in [0.05, 0.1) is 12.5 Å². The van der Waals surface area contributed by atoms with E-state index in [1.807, 2.05) is 0 Å². The minimum absolute atomic E-state index is 0.0498. The second-order valence-corrected chi connectivity index (χ2v) is 4.74. The predicted molar refractivity (Wildman–Crippen MR) is 72.1 cm³/mol. The number of alkyl halides is 1. The van der Waals surface area contributed by atoms with Gasteiger partial charge < -0.3 is 4.74 Å². The number of ether oxygens (including phenoxy) is 1. The molecule has 0 spiro atoms. The van der Waals surface area contributed by atoms with Crippen LogP contribution in [0.1, 0.15) is 16.5 Å². The van der Waals surface area contributed by atoms with Crippen molar-refractivity contribution in [2.75, 3.05) is 7.11 Å². The molecule has 0 amide bonds. The maximum atomic E-state index is 13.7. The Balaban J connectivity index is 2.44. The monoisotopic (exact) mass is 302 g/mol.